The van der Waals surface area contributed by atoms with Crippen LogP contribution in [0.15, 0.2) is 0 Å². The third-order valence-corrected chi connectivity index (χ3v) is 3.99. The summed E-state index contributed by atoms with van der Waals surface area (Å²) in [6.45, 7) is 4.47. The van der Waals surface area contributed by atoms with Gasteiger partial charge in [-0.2, -0.15) is 0 Å². The summed E-state index contributed by atoms with van der Waals surface area (Å²) in [6.07, 6.45) is 3.30. The van der Waals surface area contributed by atoms with Crippen molar-refractivity contribution in [2.75, 3.05) is 13.1 Å². The Balaban J connectivity index is 2.19. The zero-order valence-corrected chi connectivity index (χ0v) is 11.5. The van der Waals surface area contributed by atoms with E-state index in [1.165, 1.54) is 4.90 Å². The zero-order chi connectivity index (χ0) is 14.0. The molecule has 106 valence electrons. The van der Waals surface area contributed by atoms with Gasteiger partial charge in [-0.3, -0.25) is 19.7 Å². The number of hydrogen-bond acceptors (Lipinski definition) is 4. The van der Waals surface area contributed by atoms with Gasteiger partial charge in [0.05, 0.1) is 5.54 Å². The van der Waals surface area contributed by atoms with E-state index < -0.39 is 17.5 Å². The molecular formula is C13H21N3O3. The Bertz CT molecular complexity index is 402. The molecular weight excluding hydrogens is 246 g/mol. The van der Waals surface area contributed by atoms with E-state index in [-0.39, 0.29) is 18.4 Å². The van der Waals surface area contributed by atoms with Gasteiger partial charge in [0.25, 0.3) is 0 Å². The van der Waals surface area contributed by atoms with Crippen molar-refractivity contribution < 1.29 is 14.4 Å². The number of piperazine rings is 1. The summed E-state index contributed by atoms with van der Waals surface area (Å²) >= 11 is 0. The molecule has 3 amide bonds. The van der Waals surface area contributed by atoms with Crippen LogP contribution in [0.3, 0.4) is 0 Å². The van der Waals surface area contributed by atoms with Crippen LogP contribution in [0.4, 0.5) is 0 Å². The van der Waals surface area contributed by atoms with Gasteiger partial charge < -0.3 is 10.2 Å². The predicted molar refractivity (Wildman–Crippen MR) is 69.2 cm³/mol. The van der Waals surface area contributed by atoms with Crippen molar-refractivity contribution in [2.45, 2.75) is 51.1 Å². The fourth-order valence-electron chi connectivity index (χ4n) is 2.84. The highest BCUT2D eigenvalue weighted by Gasteiger charge is 2.43. The number of nitrogens with zero attached hydrogens (tertiary/aromatic N) is 1. The third kappa shape index (κ3) is 2.63. The molecule has 2 aliphatic heterocycles. The third-order valence-electron chi connectivity index (χ3n) is 3.99. The van der Waals surface area contributed by atoms with Gasteiger partial charge in [-0.25, -0.2) is 0 Å². The Hall–Kier alpha value is -1.43. The number of carbonyl (C=O) groups is 3. The monoisotopic (exact) mass is 267 g/mol. The molecule has 6 nitrogen and oxygen atoms in total. The van der Waals surface area contributed by atoms with Crippen LogP contribution in [0, 0.1) is 0 Å². The van der Waals surface area contributed by atoms with E-state index >= 15 is 0 Å². The molecule has 0 saturated carbocycles. The highest BCUT2D eigenvalue weighted by atomic mass is 16.2. The molecule has 0 spiro atoms. The lowest BCUT2D eigenvalue weighted by Crippen LogP contribution is -2.66. The van der Waals surface area contributed by atoms with Crippen LogP contribution >= 0.6 is 0 Å². The maximum absolute atomic E-state index is 12.7. The van der Waals surface area contributed by atoms with E-state index in [4.69, 9.17) is 0 Å². The zero-order valence-electron chi connectivity index (χ0n) is 11.5. The number of piperidine rings is 1. The van der Waals surface area contributed by atoms with Crippen molar-refractivity contribution in [3.8, 4) is 0 Å². The minimum Gasteiger partial charge on any atom is -0.320 e. The molecule has 0 aliphatic carbocycles. The largest absolute Gasteiger partial charge is 0.320 e. The van der Waals surface area contributed by atoms with E-state index in [1.807, 2.05) is 13.8 Å². The van der Waals surface area contributed by atoms with Crippen molar-refractivity contribution in [3.63, 3.8) is 0 Å². The second kappa shape index (κ2) is 5.28. The van der Waals surface area contributed by atoms with Crippen molar-refractivity contribution in [2.24, 2.45) is 0 Å². The first-order chi connectivity index (χ1) is 8.98. The van der Waals surface area contributed by atoms with Crippen LogP contribution in [-0.4, -0.2) is 47.3 Å². The van der Waals surface area contributed by atoms with Gasteiger partial charge >= 0.3 is 0 Å². The molecule has 0 aromatic carbocycles. The van der Waals surface area contributed by atoms with E-state index in [1.54, 1.807) is 0 Å². The van der Waals surface area contributed by atoms with Crippen molar-refractivity contribution >= 4 is 17.7 Å². The van der Waals surface area contributed by atoms with Gasteiger partial charge in [-0.05, 0) is 39.2 Å². The van der Waals surface area contributed by atoms with Crippen LogP contribution in [0.5, 0.6) is 0 Å². The fraction of sp³-hybridized carbons (Fsp3) is 0.769. The first-order valence-electron chi connectivity index (χ1n) is 6.88. The lowest BCUT2D eigenvalue weighted by molar-refractivity contribution is -0.154. The Labute approximate surface area is 112 Å². The van der Waals surface area contributed by atoms with Crippen LogP contribution < -0.4 is 10.6 Å². The fourth-order valence-corrected chi connectivity index (χ4v) is 2.84. The summed E-state index contributed by atoms with van der Waals surface area (Å²) < 4.78 is 0. The maximum atomic E-state index is 12.7. The van der Waals surface area contributed by atoms with Crippen LogP contribution in [0.1, 0.15) is 39.5 Å². The molecule has 2 saturated heterocycles. The van der Waals surface area contributed by atoms with Crippen molar-refractivity contribution in [1.82, 2.24) is 15.5 Å². The standard InChI is InChI=1S/C13H21N3O3/c1-3-9-11(18)15-10(17)8-16(9)12(19)13(2)6-4-5-7-14-13/h9,14H,3-8H2,1-2H3,(H,15,17,18). The number of carbonyl (C=O) groups excluding carboxylic acids is 3. The summed E-state index contributed by atoms with van der Waals surface area (Å²) in [5, 5.41) is 5.52. The Morgan fingerprint density at radius 3 is 2.74 bits per heavy atom. The van der Waals surface area contributed by atoms with Crippen LogP contribution in [0.25, 0.3) is 0 Å². The smallest absolute Gasteiger partial charge is 0.249 e. The van der Waals surface area contributed by atoms with Crippen LogP contribution in [-0.2, 0) is 14.4 Å². The first-order valence-corrected chi connectivity index (χ1v) is 6.88. The van der Waals surface area contributed by atoms with Crippen molar-refractivity contribution in [1.29, 1.82) is 0 Å². The average Bonchev–Trinajstić information content (AvgIpc) is 2.38. The van der Waals surface area contributed by atoms with Gasteiger partial charge in [0.15, 0.2) is 0 Å². The van der Waals surface area contributed by atoms with E-state index in [0.717, 1.165) is 25.8 Å². The van der Waals surface area contributed by atoms with Crippen molar-refractivity contribution in [3.05, 3.63) is 0 Å². The topological polar surface area (TPSA) is 78.5 Å². The molecule has 2 N–H and O–H groups in total. The molecule has 19 heavy (non-hydrogen) atoms. The average molecular weight is 267 g/mol. The van der Waals surface area contributed by atoms with E-state index in [0.29, 0.717) is 6.42 Å². The van der Waals surface area contributed by atoms with Gasteiger partial charge in [0.2, 0.25) is 17.7 Å². The number of nitrogens with one attached hydrogen (secondary N) is 2. The second-order valence-corrected chi connectivity index (χ2v) is 5.49. The SMILES string of the molecule is CCC1C(=O)NC(=O)CN1C(=O)C1(C)CCCCN1. The quantitative estimate of drug-likeness (QED) is 0.678. The predicted octanol–water partition coefficient (Wildman–Crippen LogP) is -0.218. The van der Waals surface area contributed by atoms with Crippen LogP contribution in [0.2, 0.25) is 0 Å². The van der Waals surface area contributed by atoms with Gasteiger partial charge in [-0.1, -0.05) is 6.92 Å². The number of hydrogen-bond donors (Lipinski definition) is 2. The number of rotatable bonds is 2. The minimum atomic E-state index is -0.649. The molecule has 0 aromatic heterocycles. The summed E-state index contributed by atoms with van der Waals surface area (Å²) in [7, 11) is 0. The molecule has 2 rings (SSSR count). The molecule has 2 aliphatic rings. The molecule has 6 heteroatoms. The molecule has 0 bridgehead atoms. The summed E-state index contributed by atoms with van der Waals surface area (Å²) in [4.78, 5) is 37.4. The molecule has 2 heterocycles. The van der Waals surface area contributed by atoms with Gasteiger partial charge in [-0.15, -0.1) is 0 Å². The van der Waals surface area contributed by atoms with E-state index in [2.05, 4.69) is 10.6 Å². The van der Waals surface area contributed by atoms with E-state index in [9.17, 15) is 14.4 Å². The Morgan fingerprint density at radius 2 is 2.16 bits per heavy atom. The minimum absolute atomic E-state index is 0.0274. The maximum Gasteiger partial charge on any atom is 0.249 e. The second-order valence-electron chi connectivity index (χ2n) is 5.49. The lowest BCUT2D eigenvalue weighted by Gasteiger charge is -2.41. The highest BCUT2D eigenvalue weighted by molar-refractivity contribution is 6.05. The Morgan fingerprint density at radius 1 is 1.42 bits per heavy atom. The van der Waals surface area contributed by atoms with Gasteiger partial charge in [0.1, 0.15) is 12.6 Å². The molecule has 2 fully saturated rings. The normalized spacial score (nSPS) is 32.1. The highest BCUT2D eigenvalue weighted by Crippen LogP contribution is 2.23. The number of imide groups is 1. The summed E-state index contributed by atoms with van der Waals surface area (Å²) in [5.41, 5.74) is -0.649. The molecule has 0 aromatic rings. The molecule has 0 radical (unpaired) electrons. The van der Waals surface area contributed by atoms with Gasteiger partial charge in [0, 0.05) is 0 Å². The summed E-state index contributed by atoms with van der Waals surface area (Å²) in [6, 6.07) is -0.536. The number of amides is 3. The molecule has 2 atom stereocenters. The summed E-state index contributed by atoms with van der Waals surface area (Å²) in [5.74, 6) is -0.906. The lowest BCUT2D eigenvalue weighted by atomic mass is 9.88. The molecule has 2 unspecified atom stereocenters. The first kappa shape index (κ1) is 14.0. The Kier molecular flexibility index (Phi) is 3.89.